The standard InChI is InChI=1S/C28H35F3N4O3.C2HF3O2/c29-28(30,31)21-14-22(21)32-17-6-8-18(9-7-17)34(13-12-16-4-5-16)23-3-1-2-19-20(23)15-35(27(19)38)24-10-11-25(36)33-26(24)37;3-2(4,5)1(6)7/h1-3,16-18,21-22,24,32H,4-15H2,(H,33,36,37);(H,6,7)/t17?,18?,21-,22-,24?;/m0./s1. The smallest absolute Gasteiger partial charge is 0.475 e. The molecule has 6 rings (SSSR count). The van der Waals surface area contributed by atoms with E-state index in [-0.39, 0.29) is 36.7 Å². The Balaban J connectivity index is 0.000000515. The van der Waals surface area contributed by atoms with Crippen molar-refractivity contribution >= 4 is 29.4 Å². The molecule has 45 heavy (non-hydrogen) atoms. The second-order valence-electron chi connectivity index (χ2n) is 12.6. The number of imide groups is 1. The van der Waals surface area contributed by atoms with Crippen LogP contribution < -0.4 is 15.5 Å². The molecule has 0 spiro atoms. The highest BCUT2D eigenvalue weighted by Gasteiger charge is 2.56. The molecule has 3 atom stereocenters. The van der Waals surface area contributed by atoms with Crippen molar-refractivity contribution in [3.8, 4) is 0 Å². The minimum absolute atomic E-state index is 0.111. The van der Waals surface area contributed by atoms with Crippen LogP contribution in [0.3, 0.4) is 0 Å². The Hall–Kier alpha value is -3.36. The van der Waals surface area contributed by atoms with Crippen molar-refractivity contribution in [1.29, 1.82) is 0 Å². The largest absolute Gasteiger partial charge is 0.490 e. The number of benzene rings is 1. The van der Waals surface area contributed by atoms with Gasteiger partial charge < -0.3 is 20.2 Å². The van der Waals surface area contributed by atoms with Gasteiger partial charge in [-0.15, -0.1) is 0 Å². The van der Waals surface area contributed by atoms with Crippen molar-refractivity contribution < 1.29 is 50.6 Å². The highest BCUT2D eigenvalue weighted by atomic mass is 19.4. The van der Waals surface area contributed by atoms with Crippen LogP contribution in [0.15, 0.2) is 18.2 Å². The molecule has 0 bridgehead atoms. The number of carboxylic acids is 1. The van der Waals surface area contributed by atoms with Crippen LogP contribution >= 0.6 is 0 Å². The van der Waals surface area contributed by atoms with E-state index in [1.54, 1.807) is 4.90 Å². The highest BCUT2D eigenvalue weighted by molar-refractivity contribution is 6.06. The number of rotatable bonds is 8. The number of hydrogen-bond acceptors (Lipinski definition) is 6. The second kappa shape index (κ2) is 12.8. The number of anilines is 1. The maximum Gasteiger partial charge on any atom is 0.490 e. The van der Waals surface area contributed by atoms with E-state index in [0.717, 1.165) is 55.8 Å². The fourth-order valence-corrected chi connectivity index (χ4v) is 6.66. The van der Waals surface area contributed by atoms with Gasteiger partial charge in [0.05, 0.1) is 5.92 Å². The summed E-state index contributed by atoms with van der Waals surface area (Å²) in [5.41, 5.74) is 2.58. The van der Waals surface area contributed by atoms with Crippen LogP contribution in [0.5, 0.6) is 0 Å². The van der Waals surface area contributed by atoms with Crippen LogP contribution in [-0.4, -0.2) is 76.8 Å². The lowest BCUT2D eigenvalue weighted by Crippen LogP contribution is -2.52. The lowest BCUT2D eigenvalue weighted by atomic mass is 9.89. The van der Waals surface area contributed by atoms with Gasteiger partial charge in [0.1, 0.15) is 6.04 Å². The molecule has 3 N–H and O–H groups in total. The predicted molar refractivity (Wildman–Crippen MR) is 148 cm³/mol. The van der Waals surface area contributed by atoms with Gasteiger partial charge in [0.25, 0.3) is 5.91 Å². The molecule has 5 aliphatic rings. The molecule has 0 aromatic heterocycles. The molecule has 248 valence electrons. The minimum Gasteiger partial charge on any atom is -0.475 e. The molecule has 2 heterocycles. The highest BCUT2D eigenvalue weighted by Crippen LogP contribution is 2.45. The number of hydrogen-bond donors (Lipinski definition) is 3. The van der Waals surface area contributed by atoms with Gasteiger partial charge in [-0.2, -0.15) is 26.3 Å². The lowest BCUT2D eigenvalue weighted by molar-refractivity contribution is -0.192. The molecular formula is C30H36F6N4O5. The first kappa shape index (κ1) is 33.0. The van der Waals surface area contributed by atoms with Crippen LogP contribution in [0.4, 0.5) is 32.0 Å². The third kappa shape index (κ3) is 7.90. The molecule has 4 fully saturated rings. The van der Waals surface area contributed by atoms with Crippen LogP contribution in [0, 0.1) is 11.8 Å². The average molecular weight is 647 g/mol. The normalized spacial score (nSPS) is 28.2. The van der Waals surface area contributed by atoms with Gasteiger partial charge in [0.2, 0.25) is 11.8 Å². The number of carbonyl (C=O) groups is 4. The first-order valence-corrected chi connectivity index (χ1v) is 15.3. The minimum atomic E-state index is -5.08. The zero-order valence-electron chi connectivity index (χ0n) is 24.4. The van der Waals surface area contributed by atoms with E-state index in [9.17, 15) is 40.7 Å². The van der Waals surface area contributed by atoms with Gasteiger partial charge in [-0.25, -0.2) is 4.79 Å². The number of amides is 3. The Labute approximate surface area is 255 Å². The summed E-state index contributed by atoms with van der Waals surface area (Å²) in [5, 5.41) is 12.7. The van der Waals surface area contributed by atoms with Crippen molar-refractivity contribution in [3.63, 3.8) is 0 Å². The summed E-state index contributed by atoms with van der Waals surface area (Å²) in [6, 6.07) is 5.07. The van der Waals surface area contributed by atoms with E-state index in [1.165, 1.54) is 12.8 Å². The van der Waals surface area contributed by atoms with Crippen LogP contribution in [0.1, 0.15) is 80.1 Å². The number of halogens is 6. The van der Waals surface area contributed by atoms with E-state index in [4.69, 9.17) is 9.90 Å². The van der Waals surface area contributed by atoms with Crippen LogP contribution in [0.2, 0.25) is 0 Å². The molecule has 1 aromatic carbocycles. The van der Waals surface area contributed by atoms with Gasteiger partial charge in [0, 0.05) is 54.5 Å². The first-order valence-electron chi connectivity index (χ1n) is 15.3. The fourth-order valence-electron chi connectivity index (χ4n) is 6.66. The van der Waals surface area contributed by atoms with Gasteiger partial charge in [-0.3, -0.25) is 19.7 Å². The van der Waals surface area contributed by atoms with E-state index in [2.05, 4.69) is 21.6 Å². The molecule has 0 radical (unpaired) electrons. The van der Waals surface area contributed by atoms with Crippen molar-refractivity contribution in [2.24, 2.45) is 11.8 Å². The Morgan fingerprint density at radius 2 is 1.67 bits per heavy atom. The quantitative estimate of drug-likeness (QED) is 0.281. The Morgan fingerprint density at radius 3 is 2.22 bits per heavy atom. The summed E-state index contributed by atoms with van der Waals surface area (Å²) in [6.07, 6.45) is -1.42. The molecule has 3 amide bonds. The Bertz CT molecular complexity index is 1310. The third-order valence-corrected chi connectivity index (χ3v) is 9.38. The van der Waals surface area contributed by atoms with Crippen molar-refractivity contribution in [2.75, 3.05) is 11.4 Å². The molecule has 9 nitrogen and oxygen atoms in total. The fraction of sp³-hybridized carbons (Fsp3) is 0.667. The zero-order chi connectivity index (χ0) is 32.7. The van der Waals surface area contributed by atoms with E-state index in [1.807, 2.05) is 12.1 Å². The number of alkyl halides is 6. The SMILES string of the molecule is O=C(O)C(F)(F)F.O=C1CCC(N2Cc3c(cccc3N(CCC3CC3)C3CCC(N[C@H]4C[C@@H]4C(F)(F)F)CC3)C2=O)C(=O)N1. The van der Waals surface area contributed by atoms with E-state index >= 15 is 0 Å². The van der Waals surface area contributed by atoms with Gasteiger partial charge in [0.15, 0.2) is 0 Å². The number of piperidine rings is 1. The number of carbonyl (C=O) groups excluding carboxylic acids is 3. The summed E-state index contributed by atoms with van der Waals surface area (Å²) in [5.74, 6) is -4.11. The number of nitrogens with zero attached hydrogens (tertiary/aromatic N) is 2. The molecule has 1 unspecified atom stereocenters. The summed E-state index contributed by atoms with van der Waals surface area (Å²) >= 11 is 0. The van der Waals surface area contributed by atoms with Gasteiger partial charge >= 0.3 is 18.3 Å². The van der Waals surface area contributed by atoms with Crippen LogP contribution in [0.25, 0.3) is 0 Å². The van der Waals surface area contributed by atoms with E-state index < -0.39 is 42.2 Å². The monoisotopic (exact) mass is 646 g/mol. The molecule has 3 aliphatic carbocycles. The summed E-state index contributed by atoms with van der Waals surface area (Å²) in [4.78, 5) is 50.4. The topological polar surface area (TPSA) is 119 Å². The summed E-state index contributed by atoms with van der Waals surface area (Å²) in [7, 11) is 0. The first-order chi connectivity index (χ1) is 21.1. The molecule has 2 aliphatic heterocycles. The van der Waals surface area contributed by atoms with Gasteiger partial charge in [-0.05, 0) is 63.0 Å². The Morgan fingerprint density at radius 1 is 1.00 bits per heavy atom. The van der Waals surface area contributed by atoms with Crippen molar-refractivity contribution in [1.82, 2.24) is 15.5 Å². The maximum atomic E-state index is 13.4. The summed E-state index contributed by atoms with van der Waals surface area (Å²) in [6.45, 7) is 1.23. The van der Waals surface area contributed by atoms with Crippen molar-refractivity contribution in [2.45, 2.75) is 107 Å². The molecule has 1 aromatic rings. The molecule has 3 saturated carbocycles. The second-order valence-corrected chi connectivity index (χ2v) is 12.6. The molecule has 1 saturated heterocycles. The number of carboxylic acid groups (broad SMARTS) is 1. The van der Waals surface area contributed by atoms with E-state index in [0.29, 0.717) is 18.5 Å². The predicted octanol–water partition coefficient (Wildman–Crippen LogP) is 4.54. The summed E-state index contributed by atoms with van der Waals surface area (Å²) < 4.78 is 70.6. The van der Waals surface area contributed by atoms with Crippen LogP contribution in [-0.2, 0) is 20.9 Å². The zero-order valence-corrected chi connectivity index (χ0v) is 24.4. The number of nitrogens with one attached hydrogen (secondary N) is 2. The average Bonchev–Trinajstić information content (AvgIpc) is 3.89. The van der Waals surface area contributed by atoms with Gasteiger partial charge in [-0.1, -0.05) is 18.9 Å². The third-order valence-electron chi connectivity index (χ3n) is 9.38. The lowest BCUT2D eigenvalue weighted by Gasteiger charge is -2.40. The molecular weight excluding hydrogens is 610 g/mol. The van der Waals surface area contributed by atoms with Crippen molar-refractivity contribution in [3.05, 3.63) is 29.3 Å². The number of fused-ring (bicyclic) bond motifs is 1. The maximum absolute atomic E-state index is 13.4. The Kier molecular flexibility index (Phi) is 9.39. The molecule has 15 heteroatoms. The number of aliphatic carboxylic acids is 1.